The van der Waals surface area contributed by atoms with Crippen LogP contribution in [0.25, 0.3) is 0 Å². The number of anilines is 1. The van der Waals surface area contributed by atoms with Crippen LogP contribution in [0.5, 0.6) is 0 Å². The van der Waals surface area contributed by atoms with Gasteiger partial charge in [0.25, 0.3) is 0 Å². The Hall–Kier alpha value is -1.09. The molecule has 0 spiro atoms. The lowest BCUT2D eigenvalue weighted by Gasteiger charge is -2.14. The molecule has 1 unspecified atom stereocenters. The third-order valence-electron chi connectivity index (χ3n) is 1.94. The highest BCUT2D eigenvalue weighted by molar-refractivity contribution is 5.45. The SMILES string of the molecule is CC(C)CC(O)c1cnccc1N. The van der Waals surface area contributed by atoms with Crippen LogP contribution in [-0.2, 0) is 0 Å². The minimum atomic E-state index is -0.492. The fraction of sp³-hybridized carbons (Fsp3) is 0.500. The molecule has 0 aliphatic rings. The highest BCUT2D eigenvalue weighted by Gasteiger charge is 2.12. The highest BCUT2D eigenvalue weighted by atomic mass is 16.3. The Morgan fingerprint density at radius 2 is 2.23 bits per heavy atom. The lowest BCUT2D eigenvalue weighted by atomic mass is 10.00. The fourth-order valence-corrected chi connectivity index (χ4v) is 1.27. The molecule has 72 valence electrons. The van der Waals surface area contributed by atoms with Crippen molar-refractivity contribution < 1.29 is 5.11 Å². The minimum absolute atomic E-state index is 0.453. The van der Waals surface area contributed by atoms with E-state index in [1.807, 2.05) is 0 Å². The molecule has 0 aliphatic carbocycles. The molecule has 0 saturated carbocycles. The summed E-state index contributed by atoms with van der Waals surface area (Å²) in [6, 6.07) is 1.71. The van der Waals surface area contributed by atoms with Gasteiger partial charge in [0.2, 0.25) is 0 Å². The molecule has 1 rings (SSSR count). The maximum atomic E-state index is 9.75. The smallest absolute Gasteiger partial charge is 0.0827 e. The molecule has 0 amide bonds. The average Bonchev–Trinajstić information content (AvgIpc) is 2.03. The van der Waals surface area contributed by atoms with Crippen molar-refractivity contribution in [2.75, 3.05) is 5.73 Å². The van der Waals surface area contributed by atoms with E-state index in [9.17, 15) is 5.11 Å². The van der Waals surface area contributed by atoms with Crippen LogP contribution >= 0.6 is 0 Å². The van der Waals surface area contributed by atoms with Gasteiger partial charge in [-0.05, 0) is 18.4 Å². The first-order valence-electron chi connectivity index (χ1n) is 4.48. The number of nitrogens with zero attached hydrogens (tertiary/aromatic N) is 1. The fourth-order valence-electron chi connectivity index (χ4n) is 1.27. The van der Waals surface area contributed by atoms with E-state index in [2.05, 4.69) is 18.8 Å². The van der Waals surface area contributed by atoms with Crippen LogP contribution in [0, 0.1) is 5.92 Å². The third kappa shape index (κ3) is 2.70. The molecule has 1 heterocycles. The molecule has 0 radical (unpaired) electrons. The van der Waals surface area contributed by atoms with Crippen LogP contribution in [0.1, 0.15) is 31.9 Å². The molecular weight excluding hydrogens is 164 g/mol. The van der Waals surface area contributed by atoms with E-state index in [1.165, 1.54) is 0 Å². The number of aromatic nitrogens is 1. The molecule has 0 saturated heterocycles. The molecule has 13 heavy (non-hydrogen) atoms. The van der Waals surface area contributed by atoms with E-state index in [0.717, 1.165) is 12.0 Å². The summed E-state index contributed by atoms with van der Waals surface area (Å²) in [5.74, 6) is 0.453. The van der Waals surface area contributed by atoms with Gasteiger partial charge >= 0.3 is 0 Å². The van der Waals surface area contributed by atoms with Gasteiger partial charge < -0.3 is 10.8 Å². The average molecular weight is 180 g/mol. The molecule has 1 atom stereocenters. The predicted octanol–water partition coefficient (Wildman–Crippen LogP) is 1.74. The zero-order valence-electron chi connectivity index (χ0n) is 8.07. The first-order chi connectivity index (χ1) is 6.11. The summed E-state index contributed by atoms with van der Waals surface area (Å²) in [6.45, 7) is 4.13. The summed E-state index contributed by atoms with van der Waals surface area (Å²) in [5, 5.41) is 9.75. The standard InChI is InChI=1S/C10H16N2O/c1-7(2)5-10(13)8-6-12-4-3-9(8)11/h3-4,6-7,10,13H,5H2,1-2H3,(H2,11,12). The van der Waals surface area contributed by atoms with Crippen molar-refractivity contribution in [2.24, 2.45) is 5.92 Å². The van der Waals surface area contributed by atoms with Gasteiger partial charge in [0.05, 0.1) is 6.10 Å². The van der Waals surface area contributed by atoms with Crippen molar-refractivity contribution in [3.8, 4) is 0 Å². The zero-order chi connectivity index (χ0) is 9.84. The van der Waals surface area contributed by atoms with Gasteiger partial charge in [0, 0.05) is 23.6 Å². The van der Waals surface area contributed by atoms with E-state index < -0.39 is 6.10 Å². The van der Waals surface area contributed by atoms with E-state index >= 15 is 0 Å². The number of aliphatic hydroxyl groups excluding tert-OH is 1. The molecule has 0 aliphatic heterocycles. The summed E-state index contributed by atoms with van der Waals surface area (Å²) in [6.07, 6.45) is 3.48. The molecule has 3 nitrogen and oxygen atoms in total. The Morgan fingerprint density at radius 1 is 1.54 bits per heavy atom. The lowest BCUT2D eigenvalue weighted by molar-refractivity contribution is 0.151. The first kappa shape index (κ1) is 9.99. The van der Waals surface area contributed by atoms with E-state index in [1.54, 1.807) is 18.5 Å². The van der Waals surface area contributed by atoms with Gasteiger partial charge in [0.1, 0.15) is 0 Å². The largest absolute Gasteiger partial charge is 0.398 e. The Kier molecular flexibility index (Phi) is 3.25. The van der Waals surface area contributed by atoms with Crippen molar-refractivity contribution in [3.63, 3.8) is 0 Å². The van der Waals surface area contributed by atoms with Crippen LogP contribution in [0.3, 0.4) is 0 Å². The van der Waals surface area contributed by atoms with Crippen molar-refractivity contribution in [3.05, 3.63) is 24.0 Å². The van der Waals surface area contributed by atoms with E-state index in [4.69, 9.17) is 5.73 Å². The van der Waals surface area contributed by atoms with Crippen LogP contribution in [0.4, 0.5) is 5.69 Å². The Bertz CT molecular complexity index is 273. The number of nitrogen functional groups attached to an aromatic ring is 1. The van der Waals surface area contributed by atoms with Crippen LogP contribution < -0.4 is 5.73 Å². The van der Waals surface area contributed by atoms with E-state index in [-0.39, 0.29) is 0 Å². The summed E-state index contributed by atoms with van der Waals surface area (Å²) < 4.78 is 0. The summed E-state index contributed by atoms with van der Waals surface area (Å²) in [4.78, 5) is 3.93. The van der Waals surface area contributed by atoms with Gasteiger partial charge in [-0.2, -0.15) is 0 Å². The van der Waals surface area contributed by atoms with Crippen molar-refractivity contribution in [2.45, 2.75) is 26.4 Å². The molecular formula is C10H16N2O. The Labute approximate surface area is 78.6 Å². The number of hydrogen-bond acceptors (Lipinski definition) is 3. The van der Waals surface area contributed by atoms with Crippen molar-refractivity contribution in [1.82, 2.24) is 4.98 Å². The van der Waals surface area contributed by atoms with E-state index in [0.29, 0.717) is 11.6 Å². The second-order valence-electron chi connectivity index (χ2n) is 3.65. The maximum absolute atomic E-state index is 9.75. The second kappa shape index (κ2) is 4.23. The molecule has 3 N–H and O–H groups in total. The topological polar surface area (TPSA) is 59.1 Å². The Morgan fingerprint density at radius 3 is 2.77 bits per heavy atom. The molecule has 3 heteroatoms. The first-order valence-corrected chi connectivity index (χ1v) is 4.48. The van der Waals surface area contributed by atoms with Gasteiger partial charge in [-0.25, -0.2) is 0 Å². The summed E-state index contributed by atoms with van der Waals surface area (Å²) >= 11 is 0. The Balaban J connectivity index is 2.76. The van der Waals surface area contributed by atoms with Crippen molar-refractivity contribution >= 4 is 5.69 Å². The number of hydrogen-bond donors (Lipinski definition) is 2. The third-order valence-corrected chi connectivity index (χ3v) is 1.94. The van der Waals surface area contributed by atoms with Crippen LogP contribution in [0.15, 0.2) is 18.5 Å². The van der Waals surface area contributed by atoms with Gasteiger partial charge in [-0.15, -0.1) is 0 Å². The number of pyridine rings is 1. The highest BCUT2D eigenvalue weighted by Crippen LogP contribution is 2.24. The number of nitrogens with two attached hydrogens (primary N) is 1. The quantitative estimate of drug-likeness (QED) is 0.745. The normalized spacial score (nSPS) is 13.2. The minimum Gasteiger partial charge on any atom is -0.398 e. The van der Waals surface area contributed by atoms with Gasteiger partial charge in [-0.1, -0.05) is 13.8 Å². The molecule has 1 aromatic heterocycles. The molecule has 0 fully saturated rings. The summed E-state index contributed by atoms with van der Waals surface area (Å²) in [5.41, 5.74) is 7.04. The molecule has 0 bridgehead atoms. The number of rotatable bonds is 3. The molecule has 1 aromatic rings. The maximum Gasteiger partial charge on any atom is 0.0827 e. The zero-order valence-corrected chi connectivity index (χ0v) is 8.07. The predicted molar refractivity (Wildman–Crippen MR) is 53.1 cm³/mol. The lowest BCUT2D eigenvalue weighted by Crippen LogP contribution is -2.05. The van der Waals surface area contributed by atoms with Gasteiger partial charge in [0.15, 0.2) is 0 Å². The van der Waals surface area contributed by atoms with Crippen LogP contribution in [0.2, 0.25) is 0 Å². The summed E-state index contributed by atoms with van der Waals surface area (Å²) in [7, 11) is 0. The monoisotopic (exact) mass is 180 g/mol. The van der Waals surface area contributed by atoms with Crippen molar-refractivity contribution in [1.29, 1.82) is 0 Å². The van der Waals surface area contributed by atoms with Crippen LogP contribution in [-0.4, -0.2) is 10.1 Å². The molecule has 0 aromatic carbocycles. The second-order valence-corrected chi connectivity index (χ2v) is 3.65. The van der Waals surface area contributed by atoms with Gasteiger partial charge in [-0.3, -0.25) is 4.98 Å². The number of aliphatic hydroxyl groups is 1.